The minimum atomic E-state index is 0. The lowest BCUT2D eigenvalue weighted by Crippen LogP contribution is -2.28. The van der Waals surface area contributed by atoms with Crippen molar-refractivity contribution in [3.8, 4) is 5.75 Å². The van der Waals surface area contributed by atoms with Crippen molar-refractivity contribution in [3.05, 3.63) is 18.5 Å². The summed E-state index contributed by atoms with van der Waals surface area (Å²) in [6, 6.07) is 2.67. The number of fused-ring (bicyclic) bond motifs is 1. The molecule has 1 N–H and O–H groups in total. The number of ether oxygens (including phenoxy) is 1. The lowest BCUT2D eigenvalue weighted by atomic mass is 9.77. The number of pyridine rings is 1. The molecule has 3 aliphatic rings. The van der Waals surface area contributed by atoms with Gasteiger partial charge in [-0.15, -0.1) is 0 Å². The van der Waals surface area contributed by atoms with Gasteiger partial charge < -0.3 is 15.0 Å². The summed E-state index contributed by atoms with van der Waals surface area (Å²) in [6.45, 7) is 4.30. The summed E-state index contributed by atoms with van der Waals surface area (Å²) >= 11 is 0. The third kappa shape index (κ3) is 2.37. The van der Waals surface area contributed by atoms with E-state index in [0.29, 0.717) is 6.04 Å². The molecular formula is C16H25N3O. The molecule has 4 heteroatoms. The number of hydrogen-bond acceptors (Lipinski definition) is 4. The van der Waals surface area contributed by atoms with E-state index in [0.717, 1.165) is 30.7 Å². The second kappa shape index (κ2) is 5.24. The van der Waals surface area contributed by atoms with E-state index in [2.05, 4.69) is 21.3 Å². The molecule has 3 heterocycles. The van der Waals surface area contributed by atoms with E-state index >= 15 is 0 Å². The number of rotatable bonds is 4. The molecule has 1 aromatic rings. The predicted octanol–water partition coefficient (Wildman–Crippen LogP) is 2.30. The van der Waals surface area contributed by atoms with Crippen LogP contribution in [0.1, 0.15) is 27.1 Å². The molecule has 0 spiro atoms. The molecule has 110 valence electrons. The number of nitrogens with one attached hydrogen (secondary N) is 1. The summed E-state index contributed by atoms with van der Waals surface area (Å²) < 4.78 is 5.91. The van der Waals surface area contributed by atoms with E-state index in [1.165, 1.54) is 44.5 Å². The molecule has 2 unspecified atom stereocenters. The molecule has 1 aromatic heterocycles. The van der Waals surface area contributed by atoms with E-state index in [9.17, 15) is 0 Å². The Labute approximate surface area is 122 Å². The van der Waals surface area contributed by atoms with E-state index < -0.39 is 0 Å². The third-order valence-corrected chi connectivity index (χ3v) is 5.16. The van der Waals surface area contributed by atoms with Crippen molar-refractivity contribution in [2.75, 3.05) is 31.1 Å². The molecule has 1 saturated carbocycles. The van der Waals surface area contributed by atoms with Gasteiger partial charge in [-0.25, -0.2) is 0 Å². The Morgan fingerprint density at radius 1 is 1.25 bits per heavy atom. The topological polar surface area (TPSA) is 37.4 Å². The average Bonchev–Trinajstić information content (AvgIpc) is 3.06. The van der Waals surface area contributed by atoms with Crippen LogP contribution in [0.5, 0.6) is 5.75 Å². The van der Waals surface area contributed by atoms with Gasteiger partial charge in [0.1, 0.15) is 12.4 Å². The Bertz CT molecular complexity index is 466. The second-order valence-electron chi connectivity index (χ2n) is 6.49. The zero-order chi connectivity index (χ0) is 13.4. The lowest BCUT2D eigenvalue weighted by molar-refractivity contribution is 0.243. The molecule has 2 saturated heterocycles. The Morgan fingerprint density at radius 3 is 2.80 bits per heavy atom. The minimum Gasteiger partial charge on any atom is -0.490 e. The minimum absolute atomic E-state index is 0. The van der Waals surface area contributed by atoms with E-state index in [1.54, 1.807) is 0 Å². The molecule has 20 heavy (non-hydrogen) atoms. The van der Waals surface area contributed by atoms with Crippen LogP contribution < -0.4 is 15.0 Å². The fourth-order valence-corrected chi connectivity index (χ4v) is 3.73. The highest BCUT2D eigenvalue weighted by Gasteiger charge is 2.39. The van der Waals surface area contributed by atoms with Crippen LogP contribution in [0.25, 0.3) is 0 Å². The van der Waals surface area contributed by atoms with Crippen LogP contribution in [0, 0.1) is 11.8 Å². The van der Waals surface area contributed by atoms with Crippen molar-refractivity contribution >= 4 is 5.69 Å². The Kier molecular flexibility index (Phi) is 3.26. The lowest BCUT2D eigenvalue weighted by Gasteiger charge is -2.27. The molecule has 0 aromatic carbocycles. The molecule has 4 nitrogen and oxygen atoms in total. The van der Waals surface area contributed by atoms with Crippen LogP contribution in [-0.2, 0) is 0 Å². The van der Waals surface area contributed by atoms with Gasteiger partial charge >= 0.3 is 0 Å². The first kappa shape index (κ1) is 12.5. The smallest absolute Gasteiger partial charge is 0.139 e. The first-order valence-electron chi connectivity index (χ1n) is 7.95. The molecule has 3 fully saturated rings. The van der Waals surface area contributed by atoms with Gasteiger partial charge in [0, 0.05) is 26.6 Å². The highest BCUT2D eigenvalue weighted by molar-refractivity contribution is 5.49. The Balaban J connectivity index is 0.00000132. The highest BCUT2D eigenvalue weighted by atomic mass is 16.5. The average molecular weight is 275 g/mol. The van der Waals surface area contributed by atoms with Gasteiger partial charge in [-0.2, -0.15) is 0 Å². The first-order valence-corrected chi connectivity index (χ1v) is 7.95. The van der Waals surface area contributed by atoms with Gasteiger partial charge in [-0.05, 0) is 44.1 Å². The van der Waals surface area contributed by atoms with Crippen LogP contribution >= 0.6 is 0 Å². The summed E-state index contributed by atoms with van der Waals surface area (Å²) in [6.07, 6.45) is 9.14. The van der Waals surface area contributed by atoms with Crippen molar-refractivity contribution in [2.45, 2.75) is 31.7 Å². The van der Waals surface area contributed by atoms with E-state index in [-0.39, 0.29) is 1.43 Å². The molecular weight excluding hydrogens is 250 g/mol. The zero-order valence-corrected chi connectivity index (χ0v) is 11.9. The zero-order valence-electron chi connectivity index (χ0n) is 11.9. The van der Waals surface area contributed by atoms with Gasteiger partial charge in [0.25, 0.3) is 0 Å². The Hall–Kier alpha value is -1.29. The number of hydrogen-bond donors (Lipinski definition) is 1. The fraction of sp³-hybridized carbons (Fsp3) is 0.688. The van der Waals surface area contributed by atoms with E-state index in [1.807, 2.05) is 12.4 Å². The number of anilines is 1. The number of nitrogens with zero attached hydrogens (tertiary/aromatic N) is 2. The fourth-order valence-electron chi connectivity index (χ4n) is 3.73. The summed E-state index contributed by atoms with van der Waals surface area (Å²) in [4.78, 5) is 6.84. The van der Waals surface area contributed by atoms with Gasteiger partial charge in [0.2, 0.25) is 0 Å². The van der Waals surface area contributed by atoms with Gasteiger partial charge in [-0.3, -0.25) is 4.98 Å². The van der Waals surface area contributed by atoms with Gasteiger partial charge in [-0.1, -0.05) is 0 Å². The third-order valence-electron chi connectivity index (χ3n) is 5.16. The van der Waals surface area contributed by atoms with Crippen molar-refractivity contribution in [1.29, 1.82) is 0 Å². The maximum atomic E-state index is 5.91. The van der Waals surface area contributed by atoms with Crippen molar-refractivity contribution in [2.24, 2.45) is 11.8 Å². The maximum absolute atomic E-state index is 5.91. The van der Waals surface area contributed by atoms with Crippen molar-refractivity contribution < 1.29 is 6.16 Å². The van der Waals surface area contributed by atoms with Crippen molar-refractivity contribution in [1.82, 2.24) is 10.3 Å². The summed E-state index contributed by atoms with van der Waals surface area (Å²) in [7, 11) is 0. The molecule has 2 aliphatic heterocycles. The van der Waals surface area contributed by atoms with E-state index in [4.69, 9.17) is 4.74 Å². The molecule has 4 rings (SSSR count). The molecule has 0 amide bonds. The largest absolute Gasteiger partial charge is 0.490 e. The molecule has 1 aliphatic carbocycles. The van der Waals surface area contributed by atoms with Crippen LogP contribution in [0.15, 0.2) is 18.5 Å². The summed E-state index contributed by atoms with van der Waals surface area (Å²) in [5.41, 5.74) is 1.23. The second-order valence-corrected chi connectivity index (χ2v) is 6.49. The maximum Gasteiger partial charge on any atom is 0.139 e. The quantitative estimate of drug-likeness (QED) is 0.915. The van der Waals surface area contributed by atoms with Gasteiger partial charge in [0.15, 0.2) is 0 Å². The molecule has 3 atom stereocenters. The van der Waals surface area contributed by atoms with Crippen LogP contribution in [0.3, 0.4) is 0 Å². The predicted molar refractivity (Wildman–Crippen MR) is 81.3 cm³/mol. The standard InChI is InChI=1S/C16H23N3O.H2/c1-2-14(18-5-1)11-20-16-6-15(7-17-8-16)19-9-12-3-4-13(12)10-19;/h6-8,12-14,18H,1-5,9-11H2;1H/t12?,13?,14-;/m0./s1. The number of aromatic nitrogens is 1. The van der Waals surface area contributed by atoms with Crippen molar-refractivity contribution in [3.63, 3.8) is 0 Å². The Morgan fingerprint density at radius 2 is 2.10 bits per heavy atom. The SMILES string of the molecule is [HH].c1ncc(N2CC3CCC3C2)cc1OC[C@@H]1CCCN1. The van der Waals surface area contributed by atoms with Crippen LogP contribution in [0.2, 0.25) is 0 Å². The molecule has 0 radical (unpaired) electrons. The van der Waals surface area contributed by atoms with Crippen LogP contribution in [-0.4, -0.2) is 37.3 Å². The molecule has 0 bridgehead atoms. The summed E-state index contributed by atoms with van der Waals surface area (Å²) in [5, 5.41) is 3.46. The first-order chi connectivity index (χ1) is 9.88. The van der Waals surface area contributed by atoms with Gasteiger partial charge in [0.05, 0.1) is 18.1 Å². The van der Waals surface area contributed by atoms with Crippen LogP contribution in [0.4, 0.5) is 5.69 Å². The monoisotopic (exact) mass is 275 g/mol. The normalized spacial score (nSPS) is 32.0. The summed E-state index contributed by atoms with van der Waals surface area (Å²) in [5.74, 6) is 2.78. The highest BCUT2D eigenvalue weighted by Crippen LogP contribution is 2.42.